The number of anilines is 2. The molecule has 3 aromatic rings. The van der Waals surface area contributed by atoms with Crippen LogP contribution < -0.4 is 21.7 Å². The molecule has 0 unspecified atom stereocenters. The number of primary amides is 1. The van der Waals surface area contributed by atoms with Crippen LogP contribution in [0.3, 0.4) is 0 Å². The van der Waals surface area contributed by atoms with E-state index in [1.807, 2.05) is 26.0 Å². The number of ether oxygens (including phenoxy) is 1. The quantitative estimate of drug-likeness (QED) is 0.353. The average Bonchev–Trinajstić information content (AvgIpc) is 3.52. The van der Waals surface area contributed by atoms with E-state index in [-0.39, 0.29) is 34.7 Å². The van der Waals surface area contributed by atoms with Gasteiger partial charge in [0.25, 0.3) is 11.8 Å². The van der Waals surface area contributed by atoms with Gasteiger partial charge in [-0.3, -0.25) is 19.3 Å². The first-order valence-electron chi connectivity index (χ1n) is 11.8. The predicted octanol–water partition coefficient (Wildman–Crippen LogP) is 2.83. The van der Waals surface area contributed by atoms with Crippen molar-refractivity contribution >= 4 is 40.6 Å². The summed E-state index contributed by atoms with van der Waals surface area (Å²) in [5, 5.41) is 12.8. The Kier molecular flexibility index (Phi) is 7.74. The predicted molar refractivity (Wildman–Crippen MR) is 141 cm³/mol. The number of aromatic hydroxyl groups is 1. The number of benzene rings is 2. The number of phenolic OH excluding ortho intramolecular Hbond substituents is 1. The molecular formula is C26H29N5O5S. The van der Waals surface area contributed by atoms with Crippen molar-refractivity contribution < 1.29 is 24.2 Å². The minimum Gasteiger partial charge on any atom is -0.508 e. The number of carbonyl (C=O) groups is 3. The number of amides is 3. The molecule has 0 radical (unpaired) electrons. The summed E-state index contributed by atoms with van der Waals surface area (Å²) in [6, 6.07) is 10.4. The SMILES string of the molecule is Cc1ccc(N(C(=O)c2snc(C(N)=O)c2N)[C@H](C(=O)NC[C@H]2CCCO2)c2ccc(O)cc2)c(C)c1. The average molecular weight is 524 g/mol. The summed E-state index contributed by atoms with van der Waals surface area (Å²) in [5.41, 5.74) is 13.8. The van der Waals surface area contributed by atoms with E-state index in [9.17, 15) is 19.5 Å². The Morgan fingerprint density at radius 2 is 1.95 bits per heavy atom. The van der Waals surface area contributed by atoms with Crippen LogP contribution in [0.5, 0.6) is 5.75 Å². The number of aromatic nitrogens is 1. The molecule has 1 fully saturated rings. The van der Waals surface area contributed by atoms with Gasteiger partial charge in [-0.25, -0.2) is 0 Å². The minimum absolute atomic E-state index is 0.00974. The van der Waals surface area contributed by atoms with E-state index in [0.717, 1.165) is 35.5 Å². The molecule has 0 saturated carbocycles. The molecule has 2 aromatic carbocycles. The fraction of sp³-hybridized carbons (Fsp3) is 0.308. The molecule has 10 nitrogen and oxygen atoms in total. The molecule has 2 atom stereocenters. The topological polar surface area (TPSA) is 161 Å². The Morgan fingerprint density at radius 1 is 1.22 bits per heavy atom. The number of nitrogen functional groups attached to an aromatic ring is 1. The van der Waals surface area contributed by atoms with Crippen molar-refractivity contribution in [3.05, 3.63) is 69.7 Å². The number of aryl methyl sites for hydroxylation is 2. The minimum atomic E-state index is -1.13. The molecule has 4 rings (SSSR count). The van der Waals surface area contributed by atoms with E-state index < -0.39 is 23.8 Å². The largest absolute Gasteiger partial charge is 0.508 e. The number of nitrogens with zero attached hydrogens (tertiary/aromatic N) is 2. The highest BCUT2D eigenvalue weighted by Crippen LogP contribution is 2.35. The van der Waals surface area contributed by atoms with Crippen LogP contribution in [-0.2, 0) is 9.53 Å². The number of hydrogen-bond acceptors (Lipinski definition) is 8. The van der Waals surface area contributed by atoms with Crippen LogP contribution in [0.25, 0.3) is 0 Å². The van der Waals surface area contributed by atoms with Gasteiger partial charge in [0.15, 0.2) is 5.69 Å². The lowest BCUT2D eigenvalue weighted by atomic mass is 10.00. The standard InChI is InChI=1S/C26H29N5O5S/c1-14-5-10-19(15(2)12-14)31(26(35)23-20(27)21(24(28)33)30-37-23)22(16-6-8-17(32)9-7-16)25(34)29-13-18-4-3-11-36-18/h5-10,12,18,22,32H,3-4,11,13,27H2,1-2H3,(H2,28,33)(H,29,34)/t18-,22+/m1/s1. The Morgan fingerprint density at radius 3 is 2.54 bits per heavy atom. The van der Waals surface area contributed by atoms with Gasteiger partial charge < -0.3 is 26.6 Å². The van der Waals surface area contributed by atoms with Crippen LogP contribution in [0.1, 0.15) is 55.7 Å². The lowest BCUT2D eigenvalue weighted by Gasteiger charge is -2.32. The fourth-order valence-electron chi connectivity index (χ4n) is 4.37. The van der Waals surface area contributed by atoms with Gasteiger partial charge in [0.2, 0.25) is 5.91 Å². The Hall–Kier alpha value is -3.96. The molecule has 0 bridgehead atoms. The van der Waals surface area contributed by atoms with Gasteiger partial charge in [0.05, 0.1) is 11.8 Å². The van der Waals surface area contributed by atoms with Crippen molar-refractivity contribution in [2.45, 2.75) is 38.8 Å². The van der Waals surface area contributed by atoms with Gasteiger partial charge >= 0.3 is 0 Å². The number of nitrogens with one attached hydrogen (secondary N) is 1. The van der Waals surface area contributed by atoms with Crippen LogP contribution in [0.4, 0.5) is 11.4 Å². The Balaban J connectivity index is 1.84. The second kappa shape index (κ2) is 11.0. The molecule has 1 aliphatic rings. The third-order valence-corrected chi connectivity index (χ3v) is 7.08. The number of hydrogen-bond donors (Lipinski definition) is 4. The van der Waals surface area contributed by atoms with E-state index in [0.29, 0.717) is 17.9 Å². The fourth-order valence-corrected chi connectivity index (χ4v) is 5.11. The molecule has 2 heterocycles. The number of carbonyl (C=O) groups excluding carboxylic acids is 3. The van der Waals surface area contributed by atoms with E-state index in [1.165, 1.54) is 17.0 Å². The first-order chi connectivity index (χ1) is 17.7. The summed E-state index contributed by atoms with van der Waals surface area (Å²) in [6.45, 7) is 4.69. The lowest BCUT2D eigenvalue weighted by Crippen LogP contribution is -2.46. The molecule has 194 valence electrons. The number of rotatable bonds is 8. The van der Waals surface area contributed by atoms with E-state index in [2.05, 4.69) is 9.69 Å². The van der Waals surface area contributed by atoms with E-state index >= 15 is 0 Å². The summed E-state index contributed by atoms with van der Waals surface area (Å²) in [7, 11) is 0. The summed E-state index contributed by atoms with van der Waals surface area (Å²) < 4.78 is 9.61. The van der Waals surface area contributed by atoms with Crippen molar-refractivity contribution in [1.82, 2.24) is 9.69 Å². The van der Waals surface area contributed by atoms with Gasteiger partial charge in [-0.05, 0) is 67.5 Å². The van der Waals surface area contributed by atoms with Crippen LogP contribution in [-0.4, -0.2) is 46.5 Å². The Bertz CT molecular complexity index is 1320. The second-order valence-electron chi connectivity index (χ2n) is 8.98. The van der Waals surface area contributed by atoms with Gasteiger partial charge in [0, 0.05) is 18.8 Å². The zero-order valence-corrected chi connectivity index (χ0v) is 21.4. The zero-order valence-electron chi connectivity index (χ0n) is 20.6. The molecule has 1 aliphatic heterocycles. The number of phenols is 1. The second-order valence-corrected chi connectivity index (χ2v) is 9.75. The van der Waals surface area contributed by atoms with E-state index in [4.69, 9.17) is 16.2 Å². The van der Waals surface area contributed by atoms with Crippen LogP contribution in [0, 0.1) is 13.8 Å². The summed E-state index contributed by atoms with van der Waals surface area (Å²) in [6.07, 6.45) is 1.64. The Labute approximate surface area is 218 Å². The maximum Gasteiger partial charge on any atom is 0.273 e. The highest BCUT2D eigenvalue weighted by Gasteiger charge is 2.37. The third-order valence-electron chi connectivity index (χ3n) is 6.23. The first kappa shape index (κ1) is 26.1. The van der Waals surface area contributed by atoms with Crippen molar-refractivity contribution in [2.24, 2.45) is 5.73 Å². The molecule has 3 amide bonds. The van der Waals surface area contributed by atoms with Gasteiger partial charge in [0.1, 0.15) is 16.7 Å². The summed E-state index contributed by atoms with van der Waals surface area (Å²) in [4.78, 5) is 41.0. The van der Waals surface area contributed by atoms with E-state index in [1.54, 1.807) is 18.2 Å². The van der Waals surface area contributed by atoms with Gasteiger partial charge in [-0.2, -0.15) is 4.37 Å². The van der Waals surface area contributed by atoms with Crippen LogP contribution >= 0.6 is 11.5 Å². The van der Waals surface area contributed by atoms with Crippen LogP contribution in [0.15, 0.2) is 42.5 Å². The van der Waals surface area contributed by atoms with Crippen molar-refractivity contribution in [2.75, 3.05) is 23.8 Å². The number of nitrogens with two attached hydrogens (primary N) is 2. The lowest BCUT2D eigenvalue weighted by molar-refractivity contribution is -0.123. The van der Waals surface area contributed by atoms with Gasteiger partial charge in [-0.1, -0.05) is 29.8 Å². The molecule has 6 N–H and O–H groups in total. The normalized spacial score (nSPS) is 15.8. The van der Waals surface area contributed by atoms with Crippen molar-refractivity contribution in [1.29, 1.82) is 0 Å². The highest BCUT2D eigenvalue weighted by molar-refractivity contribution is 7.09. The van der Waals surface area contributed by atoms with Crippen molar-refractivity contribution in [3.8, 4) is 5.75 Å². The highest BCUT2D eigenvalue weighted by atomic mass is 32.1. The summed E-state index contributed by atoms with van der Waals surface area (Å²) in [5.74, 6) is -1.88. The molecule has 0 spiro atoms. The monoisotopic (exact) mass is 523 g/mol. The molecular weight excluding hydrogens is 494 g/mol. The molecule has 1 saturated heterocycles. The van der Waals surface area contributed by atoms with Crippen LogP contribution in [0.2, 0.25) is 0 Å². The summed E-state index contributed by atoms with van der Waals surface area (Å²) >= 11 is 0.746. The zero-order chi connectivity index (χ0) is 26.7. The maximum absolute atomic E-state index is 14.1. The van der Waals surface area contributed by atoms with Crippen molar-refractivity contribution in [3.63, 3.8) is 0 Å². The molecule has 0 aliphatic carbocycles. The molecule has 11 heteroatoms. The maximum atomic E-state index is 14.1. The van der Waals surface area contributed by atoms with Gasteiger partial charge in [-0.15, -0.1) is 0 Å². The molecule has 1 aromatic heterocycles. The first-order valence-corrected chi connectivity index (χ1v) is 12.6. The third kappa shape index (κ3) is 5.57. The smallest absolute Gasteiger partial charge is 0.273 e. The molecule has 37 heavy (non-hydrogen) atoms.